The van der Waals surface area contributed by atoms with Gasteiger partial charge < -0.3 is 9.32 Å². The highest BCUT2D eigenvalue weighted by Crippen LogP contribution is 2.30. The van der Waals surface area contributed by atoms with Crippen LogP contribution < -0.4 is 4.72 Å². The summed E-state index contributed by atoms with van der Waals surface area (Å²) in [5.41, 5.74) is 2.13. The van der Waals surface area contributed by atoms with Crippen LogP contribution in [0, 0.1) is 0 Å². The van der Waals surface area contributed by atoms with Gasteiger partial charge in [-0.3, -0.25) is 4.79 Å². The maximum atomic E-state index is 12.9. The third-order valence-corrected chi connectivity index (χ3v) is 7.43. The van der Waals surface area contributed by atoms with Crippen molar-refractivity contribution < 1.29 is 17.6 Å². The summed E-state index contributed by atoms with van der Waals surface area (Å²) in [6.45, 7) is 4.96. The second-order valence-corrected chi connectivity index (χ2v) is 9.76. The van der Waals surface area contributed by atoms with Crippen molar-refractivity contribution in [2.75, 3.05) is 13.1 Å². The molecule has 1 fully saturated rings. The van der Waals surface area contributed by atoms with Gasteiger partial charge in [-0.25, -0.2) is 18.1 Å². The predicted octanol–water partition coefficient (Wildman–Crippen LogP) is 3.92. The van der Waals surface area contributed by atoms with E-state index in [0.717, 1.165) is 29.8 Å². The van der Waals surface area contributed by atoms with Gasteiger partial charge in [0.1, 0.15) is 5.52 Å². The van der Waals surface area contributed by atoms with Gasteiger partial charge in [-0.1, -0.05) is 19.1 Å². The number of amides is 1. The maximum absolute atomic E-state index is 12.9. The van der Waals surface area contributed by atoms with Gasteiger partial charge in [-0.05, 0) is 62.6 Å². The Bertz CT molecular complexity index is 1130. The lowest BCUT2D eigenvalue weighted by atomic mass is 9.96. The highest BCUT2D eigenvalue weighted by molar-refractivity contribution is 7.89. The Labute approximate surface area is 182 Å². The molecule has 0 radical (unpaired) electrons. The van der Waals surface area contributed by atoms with Crippen LogP contribution in [0.1, 0.15) is 55.3 Å². The summed E-state index contributed by atoms with van der Waals surface area (Å²) in [4.78, 5) is 19.5. The lowest BCUT2D eigenvalue weighted by molar-refractivity contribution is 0.0706. The molecule has 8 heteroatoms. The molecule has 1 unspecified atom stereocenters. The number of nitrogens with one attached hydrogen (secondary N) is 1. The molecule has 0 saturated carbocycles. The Morgan fingerprint density at radius 1 is 1.16 bits per heavy atom. The van der Waals surface area contributed by atoms with E-state index in [-0.39, 0.29) is 22.8 Å². The predicted molar refractivity (Wildman–Crippen MR) is 118 cm³/mol. The fourth-order valence-corrected chi connectivity index (χ4v) is 5.10. The number of hydrogen-bond donors (Lipinski definition) is 1. The largest absolute Gasteiger partial charge is 0.440 e. The van der Waals surface area contributed by atoms with Crippen LogP contribution in [0.15, 0.2) is 57.8 Å². The van der Waals surface area contributed by atoms with Gasteiger partial charge in [-0.15, -0.1) is 0 Å². The van der Waals surface area contributed by atoms with Crippen molar-refractivity contribution in [3.05, 3.63) is 60.0 Å². The molecule has 1 atom stereocenters. The first kappa shape index (κ1) is 21.5. The maximum Gasteiger partial charge on any atom is 0.253 e. The average molecular weight is 442 g/mol. The van der Waals surface area contributed by atoms with E-state index >= 15 is 0 Å². The first-order valence-corrected chi connectivity index (χ1v) is 12.1. The van der Waals surface area contributed by atoms with E-state index in [0.29, 0.717) is 25.1 Å². The fraction of sp³-hybridized carbons (Fsp3) is 0.391. The van der Waals surface area contributed by atoms with E-state index in [9.17, 15) is 13.2 Å². The standard InChI is InChI=1S/C23H27N3O4S/c1-3-16(2)25-31(28,29)19-10-8-18(9-11-19)23(27)26-14-12-17(13-15-26)22-24-20-6-4-5-7-21(20)30-22/h4-11,16-17,25H,3,12-15H2,1-2H3. The first-order chi connectivity index (χ1) is 14.9. The quantitative estimate of drug-likeness (QED) is 0.626. The molecule has 1 N–H and O–H groups in total. The Morgan fingerprint density at radius 3 is 2.48 bits per heavy atom. The molecule has 3 aromatic rings. The minimum absolute atomic E-state index is 0.0881. The first-order valence-electron chi connectivity index (χ1n) is 10.6. The molecule has 2 heterocycles. The highest BCUT2D eigenvalue weighted by atomic mass is 32.2. The average Bonchev–Trinajstić information content (AvgIpc) is 3.23. The Hall–Kier alpha value is -2.71. The third-order valence-electron chi connectivity index (χ3n) is 5.82. The monoisotopic (exact) mass is 441 g/mol. The molecule has 1 aliphatic rings. The van der Waals surface area contributed by atoms with Crippen molar-refractivity contribution in [3.8, 4) is 0 Å². The van der Waals surface area contributed by atoms with Gasteiger partial charge in [0.15, 0.2) is 11.5 Å². The summed E-state index contributed by atoms with van der Waals surface area (Å²) in [5.74, 6) is 0.835. The zero-order valence-electron chi connectivity index (χ0n) is 17.7. The summed E-state index contributed by atoms with van der Waals surface area (Å²) in [6.07, 6.45) is 2.27. The number of aromatic nitrogens is 1. The molecule has 2 aromatic carbocycles. The molecule has 7 nitrogen and oxygen atoms in total. The lowest BCUT2D eigenvalue weighted by Gasteiger charge is -2.30. The normalized spacial score (nSPS) is 16.5. The molecule has 164 valence electrons. The van der Waals surface area contributed by atoms with E-state index < -0.39 is 10.0 Å². The molecule has 0 spiro atoms. The van der Waals surface area contributed by atoms with Gasteiger partial charge in [0.2, 0.25) is 10.0 Å². The second kappa shape index (κ2) is 8.80. The third kappa shape index (κ3) is 4.65. The number of carbonyl (C=O) groups excluding carboxylic acids is 1. The van der Waals surface area contributed by atoms with Crippen LogP contribution in [0.5, 0.6) is 0 Å². The topological polar surface area (TPSA) is 92.5 Å². The van der Waals surface area contributed by atoms with Crippen molar-refractivity contribution >= 4 is 27.0 Å². The number of carbonyl (C=O) groups is 1. The molecule has 0 bridgehead atoms. The van der Waals surface area contributed by atoms with Crippen molar-refractivity contribution in [1.29, 1.82) is 0 Å². The fourth-order valence-electron chi connectivity index (χ4n) is 3.77. The van der Waals surface area contributed by atoms with E-state index in [2.05, 4.69) is 9.71 Å². The van der Waals surface area contributed by atoms with Gasteiger partial charge in [0.05, 0.1) is 4.90 Å². The Kier molecular flexibility index (Phi) is 6.11. The number of oxazole rings is 1. The zero-order valence-corrected chi connectivity index (χ0v) is 18.6. The number of piperidine rings is 1. The molecule has 31 heavy (non-hydrogen) atoms. The number of sulfonamides is 1. The molecule has 0 aliphatic carbocycles. The molecular formula is C23H27N3O4S. The number of para-hydroxylation sites is 2. The van der Waals surface area contributed by atoms with Crippen LogP contribution in [0.25, 0.3) is 11.1 Å². The second-order valence-electron chi connectivity index (χ2n) is 8.04. The number of hydrogen-bond acceptors (Lipinski definition) is 5. The molecule has 1 aromatic heterocycles. The summed E-state index contributed by atoms with van der Waals surface area (Å²) in [6, 6.07) is 13.7. The summed E-state index contributed by atoms with van der Waals surface area (Å²) in [5, 5.41) is 0. The zero-order chi connectivity index (χ0) is 22.0. The highest BCUT2D eigenvalue weighted by Gasteiger charge is 2.28. The smallest absolute Gasteiger partial charge is 0.253 e. The van der Waals surface area contributed by atoms with Crippen molar-refractivity contribution in [2.45, 2.75) is 50.0 Å². The minimum Gasteiger partial charge on any atom is -0.440 e. The van der Waals surface area contributed by atoms with Crippen LogP contribution in [-0.2, 0) is 10.0 Å². The van der Waals surface area contributed by atoms with E-state index in [1.165, 1.54) is 12.1 Å². The van der Waals surface area contributed by atoms with Crippen molar-refractivity contribution in [2.24, 2.45) is 0 Å². The van der Waals surface area contributed by atoms with Crippen LogP contribution in [0.2, 0.25) is 0 Å². The van der Waals surface area contributed by atoms with Crippen LogP contribution in [-0.4, -0.2) is 43.3 Å². The molecule has 1 saturated heterocycles. The van der Waals surface area contributed by atoms with Gasteiger partial charge in [0, 0.05) is 30.6 Å². The number of likely N-dealkylation sites (tertiary alicyclic amines) is 1. The van der Waals surface area contributed by atoms with Gasteiger partial charge in [0.25, 0.3) is 5.91 Å². The summed E-state index contributed by atoms with van der Waals surface area (Å²) in [7, 11) is -3.58. The van der Waals surface area contributed by atoms with Crippen LogP contribution in [0.4, 0.5) is 0 Å². The summed E-state index contributed by atoms with van der Waals surface area (Å²) < 4.78 is 33.3. The molecule has 4 rings (SSSR count). The van der Waals surface area contributed by atoms with Crippen LogP contribution in [0.3, 0.4) is 0 Å². The number of rotatable bonds is 6. The number of fused-ring (bicyclic) bond motifs is 1. The van der Waals surface area contributed by atoms with Crippen molar-refractivity contribution in [1.82, 2.24) is 14.6 Å². The Morgan fingerprint density at radius 2 is 1.84 bits per heavy atom. The van der Waals surface area contributed by atoms with E-state index in [1.54, 1.807) is 17.0 Å². The molecule has 1 amide bonds. The van der Waals surface area contributed by atoms with Crippen molar-refractivity contribution in [3.63, 3.8) is 0 Å². The van der Waals surface area contributed by atoms with Gasteiger partial charge in [-0.2, -0.15) is 0 Å². The SMILES string of the molecule is CCC(C)NS(=O)(=O)c1ccc(C(=O)N2CCC(c3nc4ccccc4o3)CC2)cc1. The lowest BCUT2D eigenvalue weighted by Crippen LogP contribution is -2.38. The number of benzene rings is 2. The Balaban J connectivity index is 1.39. The molecular weight excluding hydrogens is 414 g/mol. The summed E-state index contributed by atoms with van der Waals surface area (Å²) >= 11 is 0. The molecule has 1 aliphatic heterocycles. The number of nitrogens with zero attached hydrogens (tertiary/aromatic N) is 2. The van der Waals surface area contributed by atoms with Crippen LogP contribution >= 0.6 is 0 Å². The minimum atomic E-state index is -3.58. The van der Waals surface area contributed by atoms with E-state index in [1.807, 2.05) is 38.1 Å². The van der Waals surface area contributed by atoms with Gasteiger partial charge >= 0.3 is 0 Å². The van der Waals surface area contributed by atoms with E-state index in [4.69, 9.17) is 4.42 Å².